The molecule has 0 aliphatic carbocycles. The van der Waals surface area contributed by atoms with Crippen LogP contribution in [0.5, 0.6) is 11.6 Å². The third kappa shape index (κ3) is 4.42. The molecule has 3 aromatic rings. The fourth-order valence-corrected chi connectivity index (χ4v) is 2.27. The molecule has 1 heterocycles. The number of benzene rings is 2. The highest BCUT2D eigenvalue weighted by Gasteiger charge is 2.16. The number of hydrogen-bond donors (Lipinski definition) is 1. The van der Waals surface area contributed by atoms with Crippen LogP contribution in [-0.2, 0) is 6.54 Å². The number of nitrogens with one attached hydrogen (secondary N) is 1. The lowest BCUT2D eigenvalue weighted by Crippen LogP contribution is -2.23. The van der Waals surface area contributed by atoms with Gasteiger partial charge < -0.3 is 10.1 Å². The van der Waals surface area contributed by atoms with E-state index in [4.69, 9.17) is 4.74 Å². The molecule has 6 heteroatoms. The Hall–Kier alpha value is -3.28. The zero-order valence-corrected chi connectivity index (χ0v) is 14.0. The smallest absolute Gasteiger partial charge is 0.257 e. The van der Waals surface area contributed by atoms with Gasteiger partial charge in [0.05, 0.1) is 6.20 Å². The second kappa shape index (κ2) is 7.74. The molecule has 0 unspecified atom stereocenters. The summed E-state index contributed by atoms with van der Waals surface area (Å²) in [5.74, 6) is -1.36. The van der Waals surface area contributed by atoms with E-state index in [1.165, 1.54) is 24.3 Å². The zero-order valence-electron chi connectivity index (χ0n) is 14.0. The summed E-state index contributed by atoms with van der Waals surface area (Å²) in [7, 11) is 0. The maximum absolute atomic E-state index is 13.6. The first-order valence-electron chi connectivity index (χ1n) is 7.94. The van der Waals surface area contributed by atoms with E-state index in [1.807, 2.05) is 31.2 Å². The van der Waals surface area contributed by atoms with Gasteiger partial charge in [-0.2, -0.15) is 0 Å². The van der Waals surface area contributed by atoms with Crippen molar-refractivity contribution in [2.45, 2.75) is 13.5 Å². The van der Waals surface area contributed by atoms with Crippen molar-refractivity contribution >= 4 is 5.91 Å². The van der Waals surface area contributed by atoms with E-state index in [0.29, 0.717) is 0 Å². The van der Waals surface area contributed by atoms with Gasteiger partial charge in [-0.25, -0.2) is 13.8 Å². The Balaban J connectivity index is 1.76. The lowest BCUT2D eigenvalue weighted by Gasteiger charge is -2.11. The average molecular weight is 354 g/mol. The minimum Gasteiger partial charge on any atom is -0.438 e. The van der Waals surface area contributed by atoms with Crippen molar-refractivity contribution in [3.63, 3.8) is 0 Å². The molecule has 26 heavy (non-hydrogen) atoms. The van der Waals surface area contributed by atoms with Gasteiger partial charge >= 0.3 is 0 Å². The summed E-state index contributed by atoms with van der Waals surface area (Å²) in [5.41, 5.74) is 1.99. The molecule has 2 aromatic carbocycles. The molecule has 0 saturated heterocycles. The first-order valence-corrected chi connectivity index (χ1v) is 7.94. The van der Waals surface area contributed by atoms with E-state index in [2.05, 4.69) is 10.3 Å². The molecule has 0 radical (unpaired) electrons. The van der Waals surface area contributed by atoms with E-state index in [0.717, 1.165) is 23.4 Å². The minimum absolute atomic E-state index is 0.0403. The van der Waals surface area contributed by atoms with E-state index in [1.54, 1.807) is 0 Å². The number of rotatable bonds is 5. The largest absolute Gasteiger partial charge is 0.438 e. The first kappa shape index (κ1) is 17.5. The van der Waals surface area contributed by atoms with Crippen molar-refractivity contribution < 1.29 is 18.3 Å². The van der Waals surface area contributed by atoms with E-state index in [-0.39, 0.29) is 23.7 Å². The van der Waals surface area contributed by atoms with Crippen LogP contribution in [0.1, 0.15) is 21.5 Å². The Kier molecular flexibility index (Phi) is 5.22. The summed E-state index contributed by atoms with van der Waals surface area (Å²) in [6, 6.07) is 14.0. The third-order valence-corrected chi connectivity index (χ3v) is 3.66. The average Bonchev–Trinajstić information content (AvgIpc) is 2.64. The van der Waals surface area contributed by atoms with Gasteiger partial charge in [0.15, 0.2) is 0 Å². The summed E-state index contributed by atoms with van der Waals surface area (Å²) in [4.78, 5) is 16.3. The molecular weight excluding hydrogens is 338 g/mol. The third-order valence-electron chi connectivity index (χ3n) is 3.66. The molecule has 0 aliphatic rings. The number of halogens is 2. The number of carbonyl (C=O) groups is 1. The van der Waals surface area contributed by atoms with Crippen LogP contribution >= 0.6 is 0 Å². The normalized spacial score (nSPS) is 10.4. The fraction of sp³-hybridized carbons (Fsp3) is 0.100. The van der Waals surface area contributed by atoms with Crippen LogP contribution in [0.4, 0.5) is 8.78 Å². The number of amides is 1. The highest BCUT2D eigenvalue weighted by Crippen LogP contribution is 2.24. The summed E-state index contributed by atoms with van der Waals surface area (Å²) in [5, 5.41) is 2.71. The number of aryl methyl sites for hydroxylation is 1. The number of hydrogen-bond acceptors (Lipinski definition) is 3. The quantitative estimate of drug-likeness (QED) is 0.739. The minimum atomic E-state index is -0.656. The topological polar surface area (TPSA) is 51.2 Å². The van der Waals surface area contributed by atoms with Crippen LogP contribution in [0.2, 0.25) is 0 Å². The van der Waals surface area contributed by atoms with Gasteiger partial charge in [0.2, 0.25) is 5.88 Å². The lowest BCUT2D eigenvalue weighted by molar-refractivity contribution is 0.0947. The van der Waals surface area contributed by atoms with Crippen molar-refractivity contribution in [3.05, 3.63) is 89.1 Å². The predicted molar refractivity (Wildman–Crippen MR) is 93.0 cm³/mol. The molecule has 0 aliphatic heterocycles. The van der Waals surface area contributed by atoms with Crippen molar-refractivity contribution in [1.82, 2.24) is 10.3 Å². The van der Waals surface area contributed by atoms with Crippen LogP contribution in [0.3, 0.4) is 0 Å². The molecule has 0 spiro atoms. The predicted octanol–water partition coefficient (Wildman–Crippen LogP) is 4.39. The van der Waals surface area contributed by atoms with Crippen LogP contribution < -0.4 is 10.1 Å². The van der Waals surface area contributed by atoms with Gasteiger partial charge in [0, 0.05) is 6.54 Å². The molecule has 0 saturated carbocycles. The van der Waals surface area contributed by atoms with Crippen molar-refractivity contribution in [3.8, 4) is 11.6 Å². The Morgan fingerprint density at radius 1 is 1.04 bits per heavy atom. The summed E-state index contributed by atoms with van der Waals surface area (Å²) in [6.07, 6.45) is 0.954. The highest BCUT2D eigenvalue weighted by molar-refractivity contribution is 5.96. The summed E-state index contributed by atoms with van der Waals surface area (Å²) < 4.78 is 32.0. The van der Waals surface area contributed by atoms with Gasteiger partial charge in [-0.1, -0.05) is 29.8 Å². The van der Waals surface area contributed by atoms with E-state index < -0.39 is 17.5 Å². The zero-order chi connectivity index (χ0) is 18.5. The number of pyridine rings is 1. The Morgan fingerprint density at radius 2 is 1.73 bits per heavy atom. The maximum Gasteiger partial charge on any atom is 0.257 e. The number of ether oxygens (including phenoxy) is 1. The van der Waals surface area contributed by atoms with Crippen LogP contribution in [0.15, 0.2) is 60.8 Å². The van der Waals surface area contributed by atoms with E-state index in [9.17, 15) is 13.6 Å². The maximum atomic E-state index is 13.6. The van der Waals surface area contributed by atoms with Crippen LogP contribution in [0.25, 0.3) is 0 Å². The Bertz CT molecular complexity index is 910. The molecule has 0 fully saturated rings. The van der Waals surface area contributed by atoms with Crippen molar-refractivity contribution in [1.29, 1.82) is 0 Å². The standard InChI is InChI=1S/C20H16F2N2O2/c1-13-2-4-14(5-3-13)11-23-19(25)18-10-16(22)12-24-20(18)26-17-8-6-15(21)7-9-17/h2-10,12H,11H2,1H3,(H,23,25). The molecule has 0 atom stereocenters. The first-order chi connectivity index (χ1) is 12.5. The molecule has 4 nitrogen and oxygen atoms in total. The van der Waals surface area contributed by atoms with Crippen molar-refractivity contribution in [2.75, 3.05) is 0 Å². The van der Waals surface area contributed by atoms with Crippen molar-refractivity contribution in [2.24, 2.45) is 0 Å². The second-order valence-electron chi connectivity index (χ2n) is 5.73. The summed E-state index contributed by atoms with van der Waals surface area (Å²) in [6.45, 7) is 2.26. The second-order valence-corrected chi connectivity index (χ2v) is 5.73. The summed E-state index contributed by atoms with van der Waals surface area (Å²) >= 11 is 0. The van der Waals surface area contributed by atoms with Gasteiger partial charge in [0.1, 0.15) is 22.9 Å². The molecule has 1 N–H and O–H groups in total. The van der Waals surface area contributed by atoms with Gasteiger partial charge in [-0.15, -0.1) is 0 Å². The molecular formula is C20H16F2N2O2. The molecule has 132 valence electrons. The molecule has 1 amide bonds. The molecule has 0 bridgehead atoms. The van der Waals surface area contributed by atoms with Gasteiger partial charge in [-0.3, -0.25) is 4.79 Å². The van der Waals surface area contributed by atoms with E-state index >= 15 is 0 Å². The SMILES string of the molecule is Cc1ccc(CNC(=O)c2cc(F)cnc2Oc2ccc(F)cc2)cc1. The number of carbonyl (C=O) groups excluding carboxylic acids is 1. The van der Waals surface area contributed by atoms with Gasteiger partial charge in [-0.05, 0) is 42.8 Å². The van der Waals surface area contributed by atoms with Gasteiger partial charge in [0.25, 0.3) is 5.91 Å². The lowest BCUT2D eigenvalue weighted by atomic mass is 10.1. The fourth-order valence-electron chi connectivity index (χ4n) is 2.27. The number of nitrogens with zero attached hydrogens (tertiary/aromatic N) is 1. The van der Waals surface area contributed by atoms with Crippen LogP contribution in [0, 0.1) is 18.6 Å². The monoisotopic (exact) mass is 354 g/mol. The molecule has 1 aromatic heterocycles. The highest BCUT2D eigenvalue weighted by atomic mass is 19.1. The Labute approximate surface area is 149 Å². The molecule has 3 rings (SSSR count). The Morgan fingerprint density at radius 3 is 2.42 bits per heavy atom. The number of aromatic nitrogens is 1. The van der Waals surface area contributed by atoms with Crippen LogP contribution in [-0.4, -0.2) is 10.9 Å².